The molecule has 0 N–H and O–H groups in total. The molecule has 0 saturated heterocycles. The van der Waals surface area contributed by atoms with Crippen LogP contribution >= 0.6 is 0 Å². The van der Waals surface area contributed by atoms with Gasteiger partial charge in [-0.1, -0.05) is 170 Å². The second-order valence-corrected chi connectivity index (χ2v) is 16.9. The van der Waals surface area contributed by atoms with Crippen LogP contribution in [0, 0.1) is 0 Å². The summed E-state index contributed by atoms with van der Waals surface area (Å²) in [4.78, 5) is 57.1. The molecule has 10 heteroatoms. The van der Waals surface area contributed by atoms with E-state index in [2.05, 4.69) is 0 Å². The SMILES string of the molecule is O=C(CN(CCN(CC(=O)OCCc1cccc2ccccc12)CC(=O)OCCc1cccc2ccccc12)CC(=O)OCCc1cccc2ccccc12)OCCc1cccc2ccccc12. The fourth-order valence-corrected chi connectivity index (χ4v) is 8.77. The molecule has 0 fully saturated rings. The smallest absolute Gasteiger partial charge is 0.320 e. The van der Waals surface area contributed by atoms with Crippen LogP contribution in [0.5, 0.6) is 0 Å². The van der Waals surface area contributed by atoms with Crippen molar-refractivity contribution < 1.29 is 38.1 Å². The van der Waals surface area contributed by atoms with Crippen LogP contribution in [0.2, 0.25) is 0 Å². The molecule has 0 unspecified atom stereocenters. The van der Waals surface area contributed by atoms with Crippen LogP contribution < -0.4 is 0 Å². The van der Waals surface area contributed by atoms with Gasteiger partial charge >= 0.3 is 23.9 Å². The second kappa shape index (κ2) is 23.9. The Morgan fingerprint density at radius 3 is 0.765 bits per heavy atom. The molecule has 0 aromatic heterocycles. The molecule has 346 valence electrons. The Hall–Kier alpha value is -7.40. The van der Waals surface area contributed by atoms with Crippen molar-refractivity contribution in [3.63, 3.8) is 0 Å². The number of esters is 4. The van der Waals surface area contributed by atoms with Crippen molar-refractivity contribution >= 4 is 67.0 Å². The molecule has 0 saturated carbocycles. The van der Waals surface area contributed by atoms with E-state index in [1.54, 1.807) is 9.80 Å². The minimum absolute atomic E-state index is 0.128. The Morgan fingerprint density at radius 2 is 0.515 bits per heavy atom. The predicted molar refractivity (Wildman–Crippen MR) is 267 cm³/mol. The van der Waals surface area contributed by atoms with Crippen LogP contribution in [0.15, 0.2) is 170 Å². The van der Waals surface area contributed by atoms with Crippen molar-refractivity contribution in [2.75, 3.05) is 65.7 Å². The molecule has 0 heterocycles. The van der Waals surface area contributed by atoms with E-state index in [-0.39, 0.29) is 65.7 Å². The van der Waals surface area contributed by atoms with Gasteiger partial charge in [0.15, 0.2) is 0 Å². The number of carbonyl (C=O) groups is 4. The third-order valence-corrected chi connectivity index (χ3v) is 12.2. The molecule has 68 heavy (non-hydrogen) atoms. The number of fused-ring (bicyclic) bond motifs is 4. The lowest BCUT2D eigenvalue weighted by Crippen LogP contribution is -2.44. The molecule has 8 aromatic carbocycles. The van der Waals surface area contributed by atoms with Crippen molar-refractivity contribution in [2.24, 2.45) is 0 Å². The lowest BCUT2D eigenvalue weighted by atomic mass is 10.0. The van der Waals surface area contributed by atoms with E-state index in [9.17, 15) is 19.2 Å². The van der Waals surface area contributed by atoms with Gasteiger partial charge < -0.3 is 18.9 Å². The molecule has 0 aliphatic carbocycles. The molecule has 0 spiro atoms. The molecule has 8 rings (SSSR count). The van der Waals surface area contributed by atoms with Crippen LogP contribution in [0.1, 0.15) is 22.3 Å². The summed E-state index contributed by atoms with van der Waals surface area (Å²) >= 11 is 0. The number of ether oxygens (including phenoxy) is 4. The standard InChI is InChI=1S/C58H56N2O8/c61-55(65-35-29-47-21-9-17-43-13-1-5-25-51(43)47)39-59(40-56(62)66-36-30-48-22-10-18-44-14-2-6-26-52(44)48)33-34-60(41-57(63)67-37-31-49-23-11-19-45-15-3-7-27-53(45)49)42-58(64)68-38-32-50-24-12-20-46-16-4-8-28-54(46)50/h1-28H,29-42H2. The highest BCUT2D eigenvalue weighted by Crippen LogP contribution is 2.22. The van der Waals surface area contributed by atoms with E-state index in [4.69, 9.17) is 18.9 Å². The van der Waals surface area contributed by atoms with Crippen LogP contribution in [0.4, 0.5) is 0 Å². The largest absolute Gasteiger partial charge is 0.464 e. The topological polar surface area (TPSA) is 112 Å². The molecule has 0 aliphatic rings. The molecular formula is C58H56N2O8. The van der Waals surface area contributed by atoms with E-state index in [0.717, 1.165) is 65.3 Å². The Morgan fingerprint density at radius 1 is 0.294 bits per heavy atom. The second-order valence-electron chi connectivity index (χ2n) is 16.9. The van der Waals surface area contributed by atoms with E-state index in [1.807, 2.05) is 170 Å². The monoisotopic (exact) mass is 908 g/mol. The molecule has 0 aliphatic heterocycles. The number of benzene rings is 8. The van der Waals surface area contributed by atoms with E-state index in [0.29, 0.717) is 25.7 Å². The van der Waals surface area contributed by atoms with Crippen molar-refractivity contribution in [3.05, 3.63) is 192 Å². The fourth-order valence-electron chi connectivity index (χ4n) is 8.77. The summed E-state index contributed by atoms with van der Waals surface area (Å²) in [5.41, 5.74) is 4.25. The van der Waals surface area contributed by atoms with Gasteiger partial charge in [-0.15, -0.1) is 0 Å². The molecule has 0 amide bonds. The molecule has 0 atom stereocenters. The summed E-state index contributed by atoms with van der Waals surface area (Å²) in [5.74, 6) is -2.05. The maximum Gasteiger partial charge on any atom is 0.320 e. The average Bonchev–Trinajstić information content (AvgIpc) is 3.36. The van der Waals surface area contributed by atoms with Gasteiger partial charge in [0.05, 0.1) is 52.6 Å². The number of hydrogen-bond acceptors (Lipinski definition) is 10. The zero-order valence-electron chi connectivity index (χ0n) is 38.2. The normalized spacial score (nSPS) is 11.4. The Kier molecular flexibility index (Phi) is 16.5. The third kappa shape index (κ3) is 13.1. The Bertz CT molecular complexity index is 2580. The van der Waals surface area contributed by atoms with Gasteiger partial charge in [0.1, 0.15) is 0 Å². The van der Waals surface area contributed by atoms with Crippen molar-refractivity contribution in [3.8, 4) is 0 Å². The summed E-state index contributed by atoms with van der Waals surface area (Å²) < 4.78 is 23.0. The molecule has 10 nitrogen and oxygen atoms in total. The maximum absolute atomic E-state index is 13.5. The molecule has 0 radical (unpaired) electrons. The van der Waals surface area contributed by atoms with Crippen molar-refractivity contribution in [1.29, 1.82) is 0 Å². The van der Waals surface area contributed by atoms with Gasteiger partial charge in [0.2, 0.25) is 0 Å². The quantitative estimate of drug-likeness (QED) is 0.0455. The fraction of sp³-hybridized carbons (Fsp3) is 0.241. The zero-order valence-corrected chi connectivity index (χ0v) is 38.2. The van der Waals surface area contributed by atoms with Crippen molar-refractivity contribution in [2.45, 2.75) is 25.7 Å². The Balaban J connectivity index is 0.918. The lowest BCUT2D eigenvalue weighted by Gasteiger charge is -2.26. The number of hydrogen-bond donors (Lipinski definition) is 0. The first kappa shape index (κ1) is 47.1. The average molecular weight is 909 g/mol. The van der Waals surface area contributed by atoms with Gasteiger partial charge in [-0.3, -0.25) is 29.0 Å². The highest BCUT2D eigenvalue weighted by Gasteiger charge is 2.22. The molecule has 0 bridgehead atoms. The first-order chi connectivity index (χ1) is 33.4. The van der Waals surface area contributed by atoms with Crippen LogP contribution in [0.3, 0.4) is 0 Å². The summed E-state index contributed by atoms with van der Waals surface area (Å²) in [7, 11) is 0. The van der Waals surface area contributed by atoms with Crippen LogP contribution in [0.25, 0.3) is 43.1 Å². The highest BCUT2D eigenvalue weighted by molar-refractivity contribution is 5.88. The number of rotatable bonds is 23. The molecular weight excluding hydrogens is 853 g/mol. The van der Waals surface area contributed by atoms with Gasteiger partial charge in [0, 0.05) is 38.8 Å². The maximum atomic E-state index is 13.5. The lowest BCUT2D eigenvalue weighted by molar-refractivity contribution is -0.152. The Labute approximate surface area is 397 Å². The first-order valence-corrected chi connectivity index (χ1v) is 23.3. The minimum Gasteiger partial charge on any atom is -0.464 e. The van der Waals surface area contributed by atoms with E-state index < -0.39 is 23.9 Å². The number of carbonyl (C=O) groups excluding carboxylic acids is 4. The summed E-state index contributed by atoms with van der Waals surface area (Å²) in [6.45, 7) is -0.00405. The van der Waals surface area contributed by atoms with Gasteiger partial charge in [0.25, 0.3) is 0 Å². The molecule has 8 aromatic rings. The van der Waals surface area contributed by atoms with Crippen LogP contribution in [-0.2, 0) is 63.8 Å². The van der Waals surface area contributed by atoms with Crippen molar-refractivity contribution in [1.82, 2.24) is 9.80 Å². The highest BCUT2D eigenvalue weighted by atomic mass is 16.5. The minimum atomic E-state index is -0.513. The summed E-state index contributed by atoms with van der Waals surface area (Å²) in [6.07, 6.45) is 2.06. The van der Waals surface area contributed by atoms with Gasteiger partial charge in [-0.25, -0.2) is 0 Å². The zero-order chi connectivity index (χ0) is 46.9. The predicted octanol–water partition coefficient (Wildman–Crippen LogP) is 9.35. The summed E-state index contributed by atoms with van der Waals surface area (Å²) in [5, 5.41) is 8.80. The first-order valence-electron chi connectivity index (χ1n) is 23.3. The van der Waals surface area contributed by atoms with Crippen LogP contribution in [-0.4, -0.2) is 99.4 Å². The van der Waals surface area contributed by atoms with E-state index in [1.165, 1.54) is 0 Å². The van der Waals surface area contributed by atoms with Gasteiger partial charge in [-0.05, 0) is 65.3 Å². The van der Waals surface area contributed by atoms with Gasteiger partial charge in [-0.2, -0.15) is 0 Å². The van der Waals surface area contributed by atoms with E-state index >= 15 is 0 Å². The third-order valence-electron chi connectivity index (χ3n) is 12.2. The number of nitrogens with zero attached hydrogens (tertiary/aromatic N) is 2. The summed E-state index contributed by atoms with van der Waals surface area (Å²) in [6, 6.07) is 56.5.